The lowest BCUT2D eigenvalue weighted by atomic mass is 9.83. The number of rotatable bonds is 7. The number of aliphatic hydroxyl groups excluding tert-OH is 1. The van der Waals surface area contributed by atoms with Crippen LogP contribution in [-0.2, 0) is 0 Å². The summed E-state index contributed by atoms with van der Waals surface area (Å²) in [5.74, 6) is 1.34. The summed E-state index contributed by atoms with van der Waals surface area (Å²) in [4.78, 5) is 8.25. The molecular formula is C13H23N3O2. The quantitative estimate of drug-likeness (QED) is 0.778. The zero-order chi connectivity index (χ0) is 13.6. The number of hydrogen-bond acceptors (Lipinski definition) is 5. The van der Waals surface area contributed by atoms with Gasteiger partial charge in [0.2, 0.25) is 5.88 Å². The van der Waals surface area contributed by atoms with Crippen LogP contribution in [0.25, 0.3) is 0 Å². The van der Waals surface area contributed by atoms with Gasteiger partial charge >= 0.3 is 0 Å². The second kappa shape index (κ2) is 6.54. The summed E-state index contributed by atoms with van der Waals surface area (Å²) in [5, 5.41) is 12.8. The van der Waals surface area contributed by atoms with Gasteiger partial charge in [0.05, 0.1) is 19.3 Å². The summed E-state index contributed by atoms with van der Waals surface area (Å²) in [6.45, 7) is 6.97. The molecule has 1 aromatic heterocycles. The molecule has 2 N–H and O–H groups in total. The Morgan fingerprint density at radius 2 is 2.00 bits per heavy atom. The minimum atomic E-state index is -0.0926. The number of hydrogen-bond donors (Lipinski definition) is 2. The standard InChI is InChI=1S/C13H23N3O2/c1-5-13(6-2,8-17)7-14-11-10(3)12(18-4)16-9-15-11/h9,17H,5-8H2,1-4H3,(H,14,15,16). The van der Waals surface area contributed by atoms with Crippen LogP contribution in [0.3, 0.4) is 0 Å². The summed E-state index contributed by atoms with van der Waals surface area (Å²) in [7, 11) is 1.59. The predicted molar refractivity (Wildman–Crippen MR) is 71.9 cm³/mol. The van der Waals surface area contributed by atoms with Gasteiger partial charge in [0, 0.05) is 12.0 Å². The third-order valence-corrected chi connectivity index (χ3v) is 3.70. The molecule has 1 heterocycles. The van der Waals surface area contributed by atoms with E-state index in [-0.39, 0.29) is 12.0 Å². The smallest absolute Gasteiger partial charge is 0.221 e. The van der Waals surface area contributed by atoms with E-state index in [1.54, 1.807) is 7.11 Å². The van der Waals surface area contributed by atoms with Crippen molar-refractivity contribution in [2.75, 3.05) is 25.6 Å². The fraction of sp³-hybridized carbons (Fsp3) is 0.692. The van der Waals surface area contributed by atoms with Crippen molar-refractivity contribution in [1.82, 2.24) is 9.97 Å². The van der Waals surface area contributed by atoms with Crippen molar-refractivity contribution in [2.45, 2.75) is 33.6 Å². The van der Waals surface area contributed by atoms with E-state index in [2.05, 4.69) is 29.1 Å². The lowest BCUT2D eigenvalue weighted by Crippen LogP contribution is -2.32. The van der Waals surface area contributed by atoms with Crippen molar-refractivity contribution in [3.63, 3.8) is 0 Å². The minimum Gasteiger partial charge on any atom is -0.481 e. The van der Waals surface area contributed by atoms with Crippen molar-refractivity contribution in [3.8, 4) is 5.88 Å². The van der Waals surface area contributed by atoms with Gasteiger partial charge in [-0.25, -0.2) is 9.97 Å². The Hall–Kier alpha value is -1.36. The van der Waals surface area contributed by atoms with Crippen LogP contribution in [0.15, 0.2) is 6.33 Å². The maximum atomic E-state index is 9.53. The summed E-state index contributed by atoms with van der Waals surface area (Å²) in [6.07, 6.45) is 3.33. The minimum absolute atomic E-state index is 0.0926. The molecule has 0 saturated carbocycles. The van der Waals surface area contributed by atoms with Gasteiger partial charge in [-0.2, -0.15) is 0 Å². The molecular weight excluding hydrogens is 230 g/mol. The SMILES string of the molecule is CCC(CC)(CO)CNc1ncnc(OC)c1C. The van der Waals surface area contributed by atoms with Crippen molar-refractivity contribution < 1.29 is 9.84 Å². The lowest BCUT2D eigenvalue weighted by Gasteiger charge is -2.30. The van der Waals surface area contributed by atoms with Gasteiger partial charge in [0.25, 0.3) is 0 Å². The average Bonchev–Trinajstić information content (AvgIpc) is 2.42. The number of nitrogens with zero attached hydrogens (tertiary/aromatic N) is 2. The molecule has 0 amide bonds. The van der Waals surface area contributed by atoms with Gasteiger partial charge in [-0.1, -0.05) is 13.8 Å². The normalized spacial score (nSPS) is 11.4. The van der Waals surface area contributed by atoms with Gasteiger partial charge in [-0.15, -0.1) is 0 Å². The van der Waals surface area contributed by atoms with Crippen LogP contribution in [0.1, 0.15) is 32.3 Å². The Morgan fingerprint density at radius 1 is 1.33 bits per heavy atom. The fourth-order valence-corrected chi connectivity index (χ4v) is 1.87. The zero-order valence-electron chi connectivity index (χ0n) is 11.7. The fourth-order valence-electron chi connectivity index (χ4n) is 1.87. The second-order valence-corrected chi connectivity index (χ2v) is 4.58. The molecule has 0 saturated heterocycles. The first-order valence-electron chi connectivity index (χ1n) is 6.32. The largest absolute Gasteiger partial charge is 0.481 e. The molecule has 0 aliphatic rings. The predicted octanol–water partition coefficient (Wildman–Crippen LogP) is 2.00. The maximum Gasteiger partial charge on any atom is 0.221 e. The Balaban J connectivity index is 2.79. The molecule has 0 fully saturated rings. The summed E-state index contributed by atoms with van der Waals surface area (Å²) in [6, 6.07) is 0. The molecule has 0 radical (unpaired) electrons. The van der Waals surface area contributed by atoms with Gasteiger partial charge in [0.15, 0.2) is 0 Å². The molecule has 0 unspecified atom stereocenters. The Labute approximate surface area is 109 Å². The molecule has 0 spiro atoms. The maximum absolute atomic E-state index is 9.53. The van der Waals surface area contributed by atoms with Gasteiger partial charge in [-0.05, 0) is 19.8 Å². The monoisotopic (exact) mass is 253 g/mol. The number of anilines is 1. The molecule has 0 atom stereocenters. The number of aromatic nitrogens is 2. The third-order valence-electron chi connectivity index (χ3n) is 3.70. The molecule has 0 aliphatic heterocycles. The van der Waals surface area contributed by atoms with E-state index in [9.17, 15) is 5.11 Å². The first-order valence-corrected chi connectivity index (χ1v) is 6.32. The van der Waals surface area contributed by atoms with E-state index in [0.29, 0.717) is 12.4 Å². The first-order chi connectivity index (χ1) is 8.62. The van der Waals surface area contributed by atoms with E-state index in [1.165, 1.54) is 6.33 Å². The topological polar surface area (TPSA) is 67.3 Å². The number of methoxy groups -OCH3 is 1. The number of ether oxygens (including phenoxy) is 1. The third kappa shape index (κ3) is 3.10. The molecule has 1 rings (SSSR count). The van der Waals surface area contributed by atoms with Crippen LogP contribution >= 0.6 is 0 Å². The van der Waals surface area contributed by atoms with Crippen LogP contribution in [0.2, 0.25) is 0 Å². The second-order valence-electron chi connectivity index (χ2n) is 4.58. The van der Waals surface area contributed by atoms with Crippen molar-refractivity contribution in [2.24, 2.45) is 5.41 Å². The molecule has 18 heavy (non-hydrogen) atoms. The molecule has 102 valence electrons. The summed E-state index contributed by atoms with van der Waals surface area (Å²) in [5.41, 5.74) is 0.795. The molecule has 1 aromatic rings. The zero-order valence-corrected chi connectivity index (χ0v) is 11.7. The van der Waals surface area contributed by atoms with Crippen LogP contribution in [-0.4, -0.2) is 35.3 Å². The van der Waals surface area contributed by atoms with Gasteiger partial charge < -0.3 is 15.2 Å². The highest BCUT2D eigenvalue weighted by Crippen LogP contribution is 2.27. The first kappa shape index (κ1) is 14.7. The molecule has 5 nitrogen and oxygen atoms in total. The van der Waals surface area contributed by atoms with Crippen LogP contribution in [0.5, 0.6) is 5.88 Å². The molecule has 0 aromatic carbocycles. The van der Waals surface area contributed by atoms with Gasteiger partial charge in [0.1, 0.15) is 12.1 Å². The van der Waals surface area contributed by atoms with E-state index in [1.807, 2.05) is 6.92 Å². The van der Waals surface area contributed by atoms with Crippen molar-refractivity contribution >= 4 is 5.82 Å². The van der Waals surface area contributed by atoms with E-state index >= 15 is 0 Å². The summed E-state index contributed by atoms with van der Waals surface area (Å²) < 4.78 is 5.16. The average molecular weight is 253 g/mol. The van der Waals surface area contributed by atoms with E-state index in [0.717, 1.165) is 24.2 Å². The highest BCUT2D eigenvalue weighted by Gasteiger charge is 2.25. The number of aliphatic hydroxyl groups is 1. The highest BCUT2D eigenvalue weighted by atomic mass is 16.5. The van der Waals surface area contributed by atoms with Crippen LogP contribution in [0.4, 0.5) is 5.82 Å². The van der Waals surface area contributed by atoms with E-state index < -0.39 is 0 Å². The van der Waals surface area contributed by atoms with Gasteiger partial charge in [-0.3, -0.25) is 0 Å². The Bertz CT molecular complexity index is 370. The molecule has 5 heteroatoms. The summed E-state index contributed by atoms with van der Waals surface area (Å²) >= 11 is 0. The van der Waals surface area contributed by atoms with Crippen LogP contribution < -0.4 is 10.1 Å². The van der Waals surface area contributed by atoms with Crippen molar-refractivity contribution in [3.05, 3.63) is 11.9 Å². The van der Waals surface area contributed by atoms with Crippen molar-refractivity contribution in [1.29, 1.82) is 0 Å². The molecule has 0 aliphatic carbocycles. The lowest BCUT2D eigenvalue weighted by molar-refractivity contribution is 0.127. The highest BCUT2D eigenvalue weighted by molar-refractivity contribution is 5.47. The number of nitrogens with one attached hydrogen (secondary N) is 1. The van der Waals surface area contributed by atoms with Crippen LogP contribution in [0, 0.1) is 12.3 Å². The Morgan fingerprint density at radius 3 is 2.50 bits per heavy atom. The molecule has 0 bridgehead atoms. The Kier molecular flexibility index (Phi) is 5.34. The van der Waals surface area contributed by atoms with E-state index in [4.69, 9.17) is 4.74 Å².